The number of nitrogens with zero attached hydrogens (tertiary/aromatic N) is 3. The van der Waals surface area contributed by atoms with E-state index in [0.717, 1.165) is 0 Å². The zero-order valence-corrected chi connectivity index (χ0v) is 36.9. The summed E-state index contributed by atoms with van der Waals surface area (Å²) in [5, 5.41) is 10.6. The van der Waals surface area contributed by atoms with Gasteiger partial charge in [0.25, 0.3) is 6.71 Å². The first-order chi connectivity index (χ1) is 31.0. The van der Waals surface area contributed by atoms with E-state index in [1.165, 1.54) is 143 Å². The SMILES string of the molecule is CC(C)(C)c1ccc2c(c1)c1cc(C(C)(C)C)ccc1n2-c1cc2c3c(c1)-n1c4ccc5cccc6c5c4c4c(ccc(c41)B3c1cccc3c4ccccc4n-2c13)-c1ccccc1-6. The van der Waals surface area contributed by atoms with Gasteiger partial charge in [0.05, 0.1) is 33.3 Å². The van der Waals surface area contributed by atoms with Gasteiger partial charge in [0, 0.05) is 49.2 Å². The van der Waals surface area contributed by atoms with Gasteiger partial charge >= 0.3 is 0 Å². The molecule has 0 fully saturated rings. The lowest BCUT2D eigenvalue weighted by molar-refractivity contribution is 0.590. The molecule has 1 aliphatic carbocycles. The van der Waals surface area contributed by atoms with Crippen LogP contribution in [0.25, 0.3) is 116 Å². The van der Waals surface area contributed by atoms with Crippen molar-refractivity contribution in [2.45, 2.75) is 52.4 Å². The van der Waals surface area contributed by atoms with E-state index in [4.69, 9.17) is 0 Å². The minimum Gasteiger partial charge on any atom is -0.310 e. The van der Waals surface area contributed by atoms with Crippen LogP contribution < -0.4 is 16.4 Å². The minimum atomic E-state index is 0.0176. The summed E-state index contributed by atoms with van der Waals surface area (Å²) in [7, 11) is 0. The lowest BCUT2D eigenvalue weighted by Crippen LogP contribution is -2.59. The van der Waals surface area contributed by atoms with Crippen LogP contribution in [0.1, 0.15) is 52.7 Å². The third-order valence-corrected chi connectivity index (χ3v) is 15.4. The van der Waals surface area contributed by atoms with Gasteiger partial charge in [0.1, 0.15) is 0 Å². The Hall–Kier alpha value is -7.30. The van der Waals surface area contributed by atoms with Gasteiger partial charge in [0.15, 0.2) is 0 Å². The van der Waals surface area contributed by atoms with Crippen molar-refractivity contribution in [1.82, 2.24) is 13.7 Å². The Labute approximate surface area is 371 Å². The van der Waals surface area contributed by atoms with Gasteiger partial charge in [-0.25, -0.2) is 0 Å². The second-order valence-corrected chi connectivity index (χ2v) is 20.9. The highest BCUT2D eigenvalue weighted by Crippen LogP contribution is 2.51. The zero-order chi connectivity index (χ0) is 42.7. The molecule has 3 nitrogen and oxygen atoms in total. The Morgan fingerprint density at radius 3 is 1.64 bits per heavy atom. The van der Waals surface area contributed by atoms with E-state index in [1.54, 1.807) is 0 Å². The Morgan fingerprint density at radius 1 is 0.375 bits per heavy atom. The summed E-state index contributed by atoms with van der Waals surface area (Å²) >= 11 is 0. The molecule has 12 aromatic rings. The van der Waals surface area contributed by atoms with Gasteiger partial charge in [-0.15, -0.1) is 0 Å². The molecular weight excluding hydrogens is 773 g/mol. The molecule has 5 heterocycles. The minimum absolute atomic E-state index is 0.0176. The fourth-order valence-electron chi connectivity index (χ4n) is 12.6. The molecule has 0 amide bonds. The summed E-state index contributed by atoms with van der Waals surface area (Å²) in [6.45, 7) is 14.0. The molecule has 2 aliphatic heterocycles. The van der Waals surface area contributed by atoms with Crippen LogP contribution in [0.15, 0.2) is 158 Å². The van der Waals surface area contributed by atoms with Crippen molar-refractivity contribution in [3.8, 4) is 39.3 Å². The van der Waals surface area contributed by atoms with Gasteiger partial charge in [-0.3, -0.25) is 0 Å². The molecule has 64 heavy (non-hydrogen) atoms. The Morgan fingerprint density at radius 2 is 0.938 bits per heavy atom. The molecule has 0 unspecified atom stereocenters. The van der Waals surface area contributed by atoms with Gasteiger partial charge < -0.3 is 13.7 Å². The zero-order valence-electron chi connectivity index (χ0n) is 36.9. The lowest BCUT2D eigenvalue weighted by Gasteiger charge is -2.34. The smallest absolute Gasteiger partial charge is 0.252 e. The van der Waals surface area contributed by atoms with Crippen molar-refractivity contribution in [3.05, 3.63) is 169 Å². The van der Waals surface area contributed by atoms with Crippen LogP contribution in [0.5, 0.6) is 0 Å². The average molecular weight is 818 g/mol. The lowest BCUT2D eigenvalue weighted by atomic mass is 9.34. The van der Waals surface area contributed by atoms with Crippen LogP contribution >= 0.6 is 0 Å². The maximum Gasteiger partial charge on any atom is 0.252 e. The number of fused-ring (bicyclic) bond motifs is 14. The normalized spacial score (nSPS) is 13.8. The standard InChI is InChI=1S/C60H44BN3/c1-59(2,3)34-22-27-48-43(29-34)44-30-35(60(4,5)6)23-28-49(44)62(48)36-31-51-56-52(32-36)64-50-26-21-33-13-11-17-40-37-14-7-8-15-38(37)41-24-25-46(58(64)54(41)55(50)53(33)40)61(56)45-19-12-18-42-39-16-9-10-20-47(39)63(51)57(42)45/h7-32H,1-6H3. The second-order valence-electron chi connectivity index (χ2n) is 20.9. The fraction of sp³-hybridized carbons (Fsp3) is 0.133. The molecule has 3 aromatic heterocycles. The highest BCUT2D eigenvalue weighted by atomic mass is 15.1. The molecule has 0 atom stereocenters. The molecule has 302 valence electrons. The number of hydrogen-bond acceptors (Lipinski definition) is 0. The molecule has 0 saturated heterocycles. The molecule has 0 saturated carbocycles. The first-order valence-corrected chi connectivity index (χ1v) is 23.0. The first-order valence-electron chi connectivity index (χ1n) is 23.0. The third-order valence-electron chi connectivity index (χ3n) is 15.4. The third kappa shape index (κ3) is 4.16. The summed E-state index contributed by atoms with van der Waals surface area (Å²) in [6, 6.07) is 61.3. The molecule has 0 N–H and O–H groups in total. The monoisotopic (exact) mass is 817 g/mol. The highest BCUT2D eigenvalue weighted by molar-refractivity contribution is 7.00. The number of rotatable bonds is 1. The summed E-state index contributed by atoms with van der Waals surface area (Å²) in [5.41, 5.74) is 23.5. The largest absolute Gasteiger partial charge is 0.310 e. The summed E-state index contributed by atoms with van der Waals surface area (Å²) in [6.07, 6.45) is 0. The summed E-state index contributed by atoms with van der Waals surface area (Å²) in [5.74, 6) is 0. The van der Waals surface area contributed by atoms with Gasteiger partial charge in [0.2, 0.25) is 0 Å². The number of para-hydroxylation sites is 2. The van der Waals surface area contributed by atoms with Crippen LogP contribution in [-0.4, -0.2) is 20.4 Å². The van der Waals surface area contributed by atoms with E-state index in [-0.39, 0.29) is 17.5 Å². The molecular formula is C60H44BN3. The van der Waals surface area contributed by atoms with Gasteiger partial charge in [-0.1, -0.05) is 151 Å². The maximum absolute atomic E-state index is 2.67. The van der Waals surface area contributed by atoms with Crippen molar-refractivity contribution in [3.63, 3.8) is 0 Å². The average Bonchev–Trinajstić information content (AvgIpc) is 3.92. The van der Waals surface area contributed by atoms with E-state index in [9.17, 15) is 0 Å². The highest BCUT2D eigenvalue weighted by Gasteiger charge is 2.42. The number of aromatic nitrogens is 3. The molecule has 0 bridgehead atoms. The van der Waals surface area contributed by atoms with Crippen molar-refractivity contribution >= 4 is 99.3 Å². The van der Waals surface area contributed by atoms with Crippen LogP contribution in [0.3, 0.4) is 0 Å². The summed E-state index contributed by atoms with van der Waals surface area (Å²) in [4.78, 5) is 0. The van der Waals surface area contributed by atoms with E-state index in [2.05, 4.69) is 213 Å². The van der Waals surface area contributed by atoms with Crippen molar-refractivity contribution < 1.29 is 0 Å². The van der Waals surface area contributed by atoms with Crippen molar-refractivity contribution in [1.29, 1.82) is 0 Å². The van der Waals surface area contributed by atoms with Crippen LogP contribution in [0, 0.1) is 0 Å². The second kappa shape index (κ2) is 11.4. The Kier molecular flexibility index (Phi) is 6.29. The predicted molar refractivity (Wildman–Crippen MR) is 273 cm³/mol. The molecule has 9 aromatic carbocycles. The van der Waals surface area contributed by atoms with E-state index < -0.39 is 0 Å². The predicted octanol–water partition coefficient (Wildman–Crippen LogP) is 13.5. The van der Waals surface area contributed by atoms with Crippen molar-refractivity contribution in [2.24, 2.45) is 0 Å². The molecule has 4 heteroatoms. The first kappa shape index (κ1) is 35.2. The van der Waals surface area contributed by atoms with Gasteiger partial charge in [-0.05, 0) is 120 Å². The van der Waals surface area contributed by atoms with Crippen LogP contribution in [-0.2, 0) is 10.8 Å². The number of benzene rings is 9. The van der Waals surface area contributed by atoms with E-state index in [0.29, 0.717) is 0 Å². The molecule has 0 spiro atoms. The van der Waals surface area contributed by atoms with Crippen LogP contribution in [0.2, 0.25) is 0 Å². The van der Waals surface area contributed by atoms with Crippen LogP contribution in [0.4, 0.5) is 0 Å². The molecule has 0 radical (unpaired) electrons. The van der Waals surface area contributed by atoms with E-state index >= 15 is 0 Å². The maximum atomic E-state index is 2.67. The number of hydrogen-bond donors (Lipinski definition) is 0. The van der Waals surface area contributed by atoms with E-state index in [1.807, 2.05) is 0 Å². The fourth-order valence-corrected chi connectivity index (χ4v) is 12.6. The Bertz CT molecular complexity index is 4080. The molecule has 15 rings (SSSR count). The van der Waals surface area contributed by atoms with Crippen molar-refractivity contribution in [2.75, 3.05) is 0 Å². The molecule has 3 aliphatic rings. The van der Waals surface area contributed by atoms with Gasteiger partial charge in [-0.2, -0.15) is 0 Å². The topological polar surface area (TPSA) is 14.8 Å². The quantitative estimate of drug-likeness (QED) is 0.147. The Balaban J connectivity index is 1.16. The summed E-state index contributed by atoms with van der Waals surface area (Å²) < 4.78 is 7.85.